The summed E-state index contributed by atoms with van der Waals surface area (Å²) in [7, 11) is 0. The van der Waals surface area contributed by atoms with Crippen LogP contribution in [0.4, 0.5) is 13.2 Å². The fourth-order valence-corrected chi connectivity index (χ4v) is 1.59. The summed E-state index contributed by atoms with van der Waals surface area (Å²) in [6.07, 6.45) is 5.41. The zero-order chi connectivity index (χ0) is 10.6. The fraction of sp³-hybridized carbons (Fsp3) is 0.200. The minimum atomic E-state index is -4.24. The topological polar surface area (TPSA) is 0 Å². The molecule has 74 valence electrons. The van der Waals surface area contributed by atoms with Gasteiger partial charge in [0.25, 0.3) is 0 Å². The average molecular weight is 216 g/mol. The van der Waals surface area contributed by atoms with E-state index in [1.807, 2.05) is 0 Å². The zero-order valence-electron chi connectivity index (χ0n) is 7.14. The number of hydrogen-bond acceptors (Lipinski definition) is 1. The van der Waals surface area contributed by atoms with E-state index in [-0.39, 0.29) is 16.7 Å². The molecule has 0 bridgehead atoms. The first-order valence-electron chi connectivity index (χ1n) is 3.79. The summed E-state index contributed by atoms with van der Waals surface area (Å²) in [6, 6.07) is 6.15. The highest BCUT2D eigenvalue weighted by Crippen LogP contribution is 2.36. The van der Waals surface area contributed by atoms with Gasteiger partial charge in [-0.25, -0.2) is 0 Å². The fourth-order valence-electron chi connectivity index (χ4n) is 0.970. The highest BCUT2D eigenvalue weighted by atomic mass is 32.2. The van der Waals surface area contributed by atoms with Crippen LogP contribution in [0.5, 0.6) is 0 Å². The number of alkyl halides is 3. The number of terminal acetylenes is 1. The summed E-state index contributed by atoms with van der Waals surface area (Å²) in [4.78, 5) is 0.172. The quantitative estimate of drug-likeness (QED) is 0.538. The van der Waals surface area contributed by atoms with Gasteiger partial charge in [-0.1, -0.05) is 12.1 Å². The number of halogens is 3. The highest BCUT2D eigenvalue weighted by Gasteiger charge is 2.29. The predicted molar refractivity (Wildman–Crippen MR) is 50.9 cm³/mol. The van der Waals surface area contributed by atoms with Crippen LogP contribution in [0.15, 0.2) is 29.2 Å². The summed E-state index contributed by atoms with van der Waals surface area (Å²) in [5.74, 6) is 2.38. The predicted octanol–water partition coefficient (Wildman–Crippen LogP) is 3.47. The molecule has 0 aromatic heterocycles. The van der Waals surface area contributed by atoms with Gasteiger partial charge in [0.05, 0.1) is 0 Å². The second kappa shape index (κ2) is 4.43. The molecule has 0 radical (unpaired) electrons. The van der Waals surface area contributed by atoms with Crippen molar-refractivity contribution in [3.8, 4) is 12.3 Å². The van der Waals surface area contributed by atoms with Gasteiger partial charge in [0.15, 0.2) is 0 Å². The Morgan fingerprint density at radius 3 is 2.64 bits per heavy atom. The molecule has 1 aromatic rings. The Balaban J connectivity index is 2.79. The van der Waals surface area contributed by atoms with Crippen molar-refractivity contribution in [1.82, 2.24) is 0 Å². The molecule has 0 spiro atoms. The molecule has 0 aliphatic rings. The van der Waals surface area contributed by atoms with Gasteiger partial charge in [0, 0.05) is 11.3 Å². The largest absolute Gasteiger partial charge is 0.446 e. The van der Waals surface area contributed by atoms with Crippen LogP contribution in [0, 0.1) is 12.3 Å². The average Bonchev–Trinajstić information content (AvgIpc) is 2.02. The lowest BCUT2D eigenvalue weighted by atomic mass is 10.2. The minimum Gasteiger partial charge on any atom is -0.160 e. The first-order valence-corrected chi connectivity index (χ1v) is 4.61. The Hall–Kier alpha value is -1.08. The second-order valence-electron chi connectivity index (χ2n) is 2.58. The third kappa shape index (κ3) is 3.75. The summed E-state index contributed by atoms with van der Waals surface area (Å²) in [6.45, 7) is 0. The second-order valence-corrected chi connectivity index (χ2v) is 3.71. The molecule has 1 aromatic carbocycles. The third-order valence-corrected chi connectivity index (χ3v) is 2.16. The van der Waals surface area contributed by atoms with E-state index >= 15 is 0 Å². The van der Waals surface area contributed by atoms with E-state index in [1.165, 1.54) is 12.1 Å². The number of hydrogen-bond donors (Lipinski definition) is 0. The van der Waals surface area contributed by atoms with Crippen LogP contribution in [-0.2, 0) is 6.42 Å². The van der Waals surface area contributed by atoms with Gasteiger partial charge in [0.1, 0.15) is 0 Å². The molecule has 0 atom stereocenters. The van der Waals surface area contributed by atoms with Gasteiger partial charge in [0.2, 0.25) is 0 Å². The summed E-state index contributed by atoms with van der Waals surface area (Å²) in [5, 5.41) is 0. The molecular formula is C10H7F3S. The van der Waals surface area contributed by atoms with E-state index in [0.29, 0.717) is 6.42 Å². The van der Waals surface area contributed by atoms with E-state index in [2.05, 4.69) is 5.92 Å². The minimum absolute atomic E-state index is 0.128. The Kier molecular flexibility index (Phi) is 3.48. The smallest absolute Gasteiger partial charge is 0.160 e. The molecule has 0 fully saturated rings. The maximum atomic E-state index is 12.0. The van der Waals surface area contributed by atoms with E-state index in [9.17, 15) is 13.2 Å². The molecule has 1 rings (SSSR count). The summed E-state index contributed by atoms with van der Waals surface area (Å²) in [5.41, 5.74) is -3.52. The lowest BCUT2D eigenvalue weighted by Crippen LogP contribution is -1.99. The van der Waals surface area contributed by atoms with Crippen LogP contribution in [-0.4, -0.2) is 5.51 Å². The van der Waals surface area contributed by atoms with E-state index in [0.717, 1.165) is 5.56 Å². The molecular weight excluding hydrogens is 209 g/mol. The molecule has 0 aliphatic heterocycles. The Labute approximate surface area is 84.5 Å². The first-order chi connectivity index (χ1) is 6.51. The third-order valence-electron chi connectivity index (χ3n) is 1.44. The first kappa shape index (κ1) is 11.0. The summed E-state index contributed by atoms with van der Waals surface area (Å²) >= 11 is -0.128. The number of thioether (sulfide) groups is 1. The van der Waals surface area contributed by atoms with Gasteiger partial charge in [-0.3, -0.25) is 0 Å². The van der Waals surface area contributed by atoms with Crippen molar-refractivity contribution in [1.29, 1.82) is 0 Å². The van der Waals surface area contributed by atoms with Crippen LogP contribution in [0.1, 0.15) is 5.56 Å². The van der Waals surface area contributed by atoms with Crippen molar-refractivity contribution in [2.45, 2.75) is 16.8 Å². The Morgan fingerprint density at radius 2 is 2.07 bits per heavy atom. The van der Waals surface area contributed by atoms with Gasteiger partial charge in [-0.05, 0) is 29.5 Å². The van der Waals surface area contributed by atoms with Gasteiger partial charge >= 0.3 is 5.51 Å². The normalized spacial score (nSPS) is 11.0. The SMILES string of the molecule is C#CCc1cccc(SC(F)(F)F)c1. The standard InChI is InChI=1S/C10H7F3S/c1-2-4-8-5-3-6-9(7-8)14-10(11,12)13/h1,3,5-7H,4H2. The van der Waals surface area contributed by atoms with Crippen molar-refractivity contribution in [3.05, 3.63) is 29.8 Å². The summed E-state index contributed by atoms with van der Waals surface area (Å²) < 4.78 is 35.9. The van der Waals surface area contributed by atoms with Crippen molar-refractivity contribution in [2.75, 3.05) is 0 Å². The molecule has 0 nitrogen and oxygen atoms in total. The maximum Gasteiger partial charge on any atom is 0.446 e. The maximum absolute atomic E-state index is 12.0. The molecule has 4 heteroatoms. The molecule has 0 unspecified atom stereocenters. The molecule has 0 saturated carbocycles. The van der Waals surface area contributed by atoms with Crippen molar-refractivity contribution in [3.63, 3.8) is 0 Å². The van der Waals surface area contributed by atoms with Gasteiger partial charge < -0.3 is 0 Å². The number of rotatable bonds is 2. The van der Waals surface area contributed by atoms with Crippen LogP contribution in [0.3, 0.4) is 0 Å². The van der Waals surface area contributed by atoms with E-state index < -0.39 is 5.51 Å². The van der Waals surface area contributed by atoms with Crippen LogP contribution in [0.2, 0.25) is 0 Å². The lowest BCUT2D eigenvalue weighted by Gasteiger charge is -2.05. The van der Waals surface area contributed by atoms with Gasteiger partial charge in [-0.2, -0.15) is 13.2 Å². The highest BCUT2D eigenvalue weighted by molar-refractivity contribution is 8.00. The molecule has 0 heterocycles. The molecule has 0 amide bonds. The van der Waals surface area contributed by atoms with Crippen LogP contribution in [0.25, 0.3) is 0 Å². The van der Waals surface area contributed by atoms with Gasteiger partial charge in [-0.15, -0.1) is 12.3 Å². The number of benzene rings is 1. The van der Waals surface area contributed by atoms with E-state index in [4.69, 9.17) is 6.42 Å². The monoisotopic (exact) mass is 216 g/mol. The van der Waals surface area contributed by atoms with Crippen molar-refractivity contribution in [2.24, 2.45) is 0 Å². The lowest BCUT2D eigenvalue weighted by molar-refractivity contribution is -0.0328. The van der Waals surface area contributed by atoms with Crippen LogP contribution >= 0.6 is 11.8 Å². The zero-order valence-corrected chi connectivity index (χ0v) is 7.95. The molecule has 0 N–H and O–H groups in total. The Morgan fingerprint density at radius 1 is 1.36 bits per heavy atom. The van der Waals surface area contributed by atoms with E-state index in [1.54, 1.807) is 12.1 Å². The van der Waals surface area contributed by atoms with Crippen molar-refractivity contribution < 1.29 is 13.2 Å². The Bertz CT molecular complexity index is 349. The molecule has 14 heavy (non-hydrogen) atoms. The molecule has 0 saturated heterocycles. The molecule has 0 aliphatic carbocycles. The van der Waals surface area contributed by atoms with Crippen LogP contribution < -0.4 is 0 Å². The van der Waals surface area contributed by atoms with Crippen molar-refractivity contribution >= 4 is 11.8 Å².